The van der Waals surface area contributed by atoms with Gasteiger partial charge in [-0.15, -0.1) is 0 Å². The van der Waals surface area contributed by atoms with Gasteiger partial charge < -0.3 is 10.0 Å². The van der Waals surface area contributed by atoms with Crippen molar-refractivity contribution < 1.29 is 14.7 Å². The maximum atomic E-state index is 12.6. The normalized spacial score (nSPS) is 15.5. The van der Waals surface area contributed by atoms with E-state index in [9.17, 15) is 14.7 Å². The van der Waals surface area contributed by atoms with Gasteiger partial charge in [-0.05, 0) is 35.9 Å². The average molecular weight is 361 g/mol. The highest BCUT2D eigenvalue weighted by Gasteiger charge is 2.34. The summed E-state index contributed by atoms with van der Waals surface area (Å²) in [5.41, 5.74) is 2.32. The van der Waals surface area contributed by atoms with E-state index in [0.29, 0.717) is 5.69 Å². The van der Waals surface area contributed by atoms with Crippen LogP contribution in [-0.4, -0.2) is 36.8 Å². The number of nitrogens with zero attached hydrogens (tertiary/aromatic N) is 3. The van der Waals surface area contributed by atoms with Crippen molar-refractivity contribution in [1.82, 2.24) is 0 Å². The molecule has 0 saturated heterocycles. The maximum absolute atomic E-state index is 12.6. The van der Waals surface area contributed by atoms with Crippen molar-refractivity contribution in [3.05, 3.63) is 77.9 Å². The van der Waals surface area contributed by atoms with Crippen molar-refractivity contribution in [3.8, 4) is 0 Å². The molecule has 0 atom stereocenters. The van der Waals surface area contributed by atoms with E-state index in [4.69, 9.17) is 0 Å². The molecule has 6 heteroatoms. The SMILES string of the molecule is CN(C)c1ccc(/C=C/C=C2/C(=O)N(c3ccccc3)N=C2C(=O)O)cc1. The molecule has 2 aromatic carbocycles. The van der Waals surface area contributed by atoms with Crippen LogP contribution in [0.2, 0.25) is 0 Å². The number of carbonyl (C=O) groups excluding carboxylic acids is 1. The number of para-hydroxylation sites is 1. The second-order valence-corrected chi connectivity index (χ2v) is 6.13. The molecule has 0 radical (unpaired) electrons. The molecule has 6 nitrogen and oxygen atoms in total. The van der Waals surface area contributed by atoms with Crippen LogP contribution >= 0.6 is 0 Å². The molecular weight excluding hydrogens is 342 g/mol. The first kappa shape index (κ1) is 18.1. The minimum Gasteiger partial charge on any atom is -0.476 e. The quantitative estimate of drug-likeness (QED) is 0.830. The van der Waals surface area contributed by atoms with Crippen molar-refractivity contribution in [2.45, 2.75) is 0 Å². The fourth-order valence-electron chi connectivity index (χ4n) is 2.61. The van der Waals surface area contributed by atoms with Gasteiger partial charge in [0, 0.05) is 19.8 Å². The number of hydrogen-bond donors (Lipinski definition) is 1. The number of allylic oxidation sites excluding steroid dienone is 2. The Morgan fingerprint density at radius 2 is 1.74 bits per heavy atom. The van der Waals surface area contributed by atoms with E-state index >= 15 is 0 Å². The molecule has 0 aliphatic carbocycles. The number of anilines is 2. The number of carbonyl (C=O) groups is 2. The summed E-state index contributed by atoms with van der Waals surface area (Å²) < 4.78 is 0. The largest absolute Gasteiger partial charge is 0.476 e. The number of benzene rings is 2. The minimum absolute atomic E-state index is 0.0486. The number of carboxylic acids is 1. The monoisotopic (exact) mass is 361 g/mol. The number of hydrazone groups is 1. The third kappa shape index (κ3) is 3.95. The zero-order valence-electron chi connectivity index (χ0n) is 15.0. The Balaban J connectivity index is 1.85. The zero-order chi connectivity index (χ0) is 19.4. The second-order valence-electron chi connectivity index (χ2n) is 6.13. The van der Waals surface area contributed by atoms with Gasteiger partial charge in [-0.3, -0.25) is 4.79 Å². The summed E-state index contributed by atoms with van der Waals surface area (Å²) in [7, 11) is 3.93. The molecular formula is C21H19N3O3. The molecule has 27 heavy (non-hydrogen) atoms. The Hall–Kier alpha value is -3.67. The van der Waals surface area contributed by atoms with Gasteiger partial charge in [0.15, 0.2) is 5.71 Å². The van der Waals surface area contributed by atoms with E-state index in [1.807, 2.05) is 55.4 Å². The Kier molecular flexibility index (Phi) is 5.17. The van der Waals surface area contributed by atoms with E-state index in [1.54, 1.807) is 30.3 Å². The molecule has 1 heterocycles. The van der Waals surface area contributed by atoms with Crippen LogP contribution in [0.1, 0.15) is 5.56 Å². The fourth-order valence-corrected chi connectivity index (χ4v) is 2.61. The highest BCUT2D eigenvalue weighted by Crippen LogP contribution is 2.23. The van der Waals surface area contributed by atoms with Crippen LogP contribution in [-0.2, 0) is 9.59 Å². The zero-order valence-corrected chi connectivity index (χ0v) is 15.0. The molecule has 136 valence electrons. The van der Waals surface area contributed by atoms with Crippen LogP contribution in [0.5, 0.6) is 0 Å². The van der Waals surface area contributed by atoms with Crippen molar-refractivity contribution in [1.29, 1.82) is 0 Å². The molecule has 1 amide bonds. The Morgan fingerprint density at radius 1 is 1.07 bits per heavy atom. The first-order valence-corrected chi connectivity index (χ1v) is 8.35. The molecule has 0 spiro atoms. The molecule has 1 N–H and O–H groups in total. The second kappa shape index (κ2) is 7.70. The predicted molar refractivity (Wildman–Crippen MR) is 107 cm³/mol. The van der Waals surface area contributed by atoms with Crippen molar-refractivity contribution in [2.75, 3.05) is 24.0 Å². The fraction of sp³-hybridized carbons (Fsp3) is 0.0952. The average Bonchev–Trinajstić information content (AvgIpc) is 3.00. The standard InChI is InChI=1S/C21H19N3O3/c1-23(2)16-13-11-15(12-14-16)7-6-10-18-19(21(26)27)22-24(20(18)25)17-8-4-3-5-9-17/h3-14H,1-2H3,(H,26,27)/b7-6+,18-10+. The van der Waals surface area contributed by atoms with Crippen molar-refractivity contribution >= 4 is 35.0 Å². The van der Waals surface area contributed by atoms with E-state index < -0.39 is 11.9 Å². The summed E-state index contributed by atoms with van der Waals surface area (Å²) in [5, 5.41) is 14.5. The summed E-state index contributed by atoms with van der Waals surface area (Å²) in [6, 6.07) is 16.6. The van der Waals surface area contributed by atoms with Gasteiger partial charge in [0.1, 0.15) is 0 Å². The summed E-state index contributed by atoms with van der Waals surface area (Å²) in [4.78, 5) is 26.1. The Morgan fingerprint density at radius 3 is 2.33 bits per heavy atom. The molecule has 2 aromatic rings. The van der Waals surface area contributed by atoms with Crippen LogP contribution in [0.25, 0.3) is 6.08 Å². The van der Waals surface area contributed by atoms with Gasteiger partial charge in [0.05, 0.1) is 11.3 Å². The van der Waals surface area contributed by atoms with Crippen LogP contribution in [0, 0.1) is 0 Å². The van der Waals surface area contributed by atoms with Crippen molar-refractivity contribution in [2.24, 2.45) is 5.10 Å². The van der Waals surface area contributed by atoms with E-state index in [1.165, 1.54) is 6.08 Å². The van der Waals surface area contributed by atoms with E-state index in [-0.39, 0.29) is 11.3 Å². The smallest absolute Gasteiger partial charge is 0.357 e. The molecule has 0 saturated carbocycles. The molecule has 1 aliphatic heterocycles. The first-order chi connectivity index (χ1) is 13.0. The molecule has 0 fully saturated rings. The van der Waals surface area contributed by atoms with Crippen LogP contribution < -0.4 is 9.91 Å². The van der Waals surface area contributed by atoms with Gasteiger partial charge in [-0.1, -0.05) is 42.5 Å². The van der Waals surface area contributed by atoms with Gasteiger partial charge >= 0.3 is 5.97 Å². The van der Waals surface area contributed by atoms with Gasteiger partial charge in [-0.2, -0.15) is 10.1 Å². The number of rotatable bonds is 5. The summed E-state index contributed by atoms with van der Waals surface area (Å²) in [6.07, 6.45) is 4.95. The lowest BCUT2D eigenvalue weighted by Crippen LogP contribution is -2.22. The number of carboxylic acid groups (broad SMARTS) is 1. The van der Waals surface area contributed by atoms with Crippen LogP contribution in [0.3, 0.4) is 0 Å². The Labute approximate surface area is 157 Å². The molecule has 1 aliphatic rings. The summed E-state index contributed by atoms with van der Waals surface area (Å²) in [6.45, 7) is 0. The third-order valence-corrected chi connectivity index (χ3v) is 4.04. The topological polar surface area (TPSA) is 73.2 Å². The highest BCUT2D eigenvalue weighted by molar-refractivity contribution is 6.52. The summed E-state index contributed by atoms with van der Waals surface area (Å²) in [5.74, 6) is -1.71. The minimum atomic E-state index is -1.24. The van der Waals surface area contributed by atoms with Crippen LogP contribution in [0.4, 0.5) is 11.4 Å². The van der Waals surface area contributed by atoms with Gasteiger partial charge in [-0.25, -0.2) is 4.79 Å². The van der Waals surface area contributed by atoms with Gasteiger partial charge in [0.25, 0.3) is 5.91 Å². The molecule has 0 aromatic heterocycles. The number of aliphatic carboxylic acids is 1. The lowest BCUT2D eigenvalue weighted by atomic mass is 10.1. The first-order valence-electron chi connectivity index (χ1n) is 8.35. The summed E-state index contributed by atoms with van der Waals surface area (Å²) >= 11 is 0. The lowest BCUT2D eigenvalue weighted by molar-refractivity contribution is -0.129. The Bertz CT molecular complexity index is 942. The lowest BCUT2D eigenvalue weighted by Gasteiger charge is -2.11. The van der Waals surface area contributed by atoms with Crippen LogP contribution in [0.15, 0.2) is 77.4 Å². The molecule has 0 bridgehead atoms. The van der Waals surface area contributed by atoms with E-state index in [2.05, 4.69) is 5.10 Å². The maximum Gasteiger partial charge on any atom is 0.357 e. The third-order valence-electron chi connectivity index (χ3n) is 4.04. The number of amides is 1. The van der Waals surface area contributed by atoms with E-state index in [0.717, 1.165) is 16.3 Å². The number of hydrogen-bond acceptors (Lipinski definition) is 4. The predicted octanol–water partition coefficient (Wildman–Crippen LogP) is 3.18. The molecule has 0 unspecified atom stereocenters. The molecule has 3 rings (SSSR count). The van der Waals surface area contributed by atoms with Crippen molar-refractivity contribution in [3.63, 3.8) is 0 Å². The van der Waals surface area contributed by atoms with Gasteiger partial charge in [0.2, 0.25) is 0 Å². The highest BCUT2D eigenvalue weighted by atomic mass is 16.4.